The fraction of sp³-hybridized carbons (Fsp3) is 0.188. The summed E-state index contributed by atoms with van der Waals surface area (Å²) in [6.07, 6.45) is 0.748. The molecule has 0 fully saturated rings. The molecule has 1 aliphatic heterocycles. The van der Waals surface area contributed by atoms with E-state index in [9.17, 15) is 4.79 Å². The fourth-order valence-corrected chi connectivity index (χ4v) is 2.56. The van der Waals surface area contributed by atoms with Gasteiger partial charge in [-0.05, 0) is 36.2 Å². The lowest BCUT2D eigenvalue weighted by Gasteiger charge is -2.16. The van der Waals surface area contributed by atoms with Crippen molar-refractivity contribution in [3.8, 4) is 11.5 Å². The molecule has 0 aromatic heterocycles. The van der Waals surface area contributed by atoms with Crippen LogP contribution in [0.3, 0.4) is 0 Å². The van der Waals surface area contributed by atoms with E-state index in [1.807, 2.05) is 12.1 Å². The molecule has 0 saturated heterocycles. The van der Waals surface area contributed by atoms with Crippen LogP contribution in [0.25, 0.3) is 0 Å². The van der Waals surface area contributed by atoms with Crippen LogP contribution < -0.4 is 19.5 Å². The van der Waals surface area contributed by atoms with Crippen LogP contribution in [-0.4, -0.2) is 27.2 Å². The molecule has 0 atom stereocenters. The van der Waals surface area contributed by atoms with Crippen molar-refractivity contribution in [1.82, 2.24) is 4.72 Å². The van der Waals surface area contributed by atoms with Gasteiger partial charge >= 0.3 is 0 Å². The Morgan fingerprint density at radius 2 is 1.95 bits per heavy atom. The summed E-state index contributed by atoms with van der Waals surface area (Å²) in [6.45, 7) is 0.849. The Morgan fingerprint density at radius 1 is 1.14 bits per heavy atom. The molecule has 0 saturated carbocycles. The topological polar surface area (TPSA) is 59.6 Å². The number of para-hydroxylation sites is 1. The summed E-state index contributed by atoms with van der Waals surface area (Å²) >= 11 is 1.68. The van der Waals surface area contributed by atoms with E-state index in [2.05, 4.69) is 22.2 Å². The minimum Gasteiger partial charge on any atom is -0.497 e. The Morgan fingerprint density at radius 3 is 2.64 bits per heavy atom. The van der Waals surface area contributed by atoms with Crippen molar-refractivity contribution < 1.29 is 14.3 Å². The van der Waals surface area contributed by atoms with Crippen molar-refractivity contribution in [3.63, 3.8) is 0 Å². The van der Waals surface area contributed by atoms with Crippen molar-refractivity contribution in [2.75, 3.05) is 26.2 Å². The van der Waals surface area contributed by atoms with Crippen LogP contribution in [-0.2, 0) is 0 Å². The molecular weight excluding hydrogens is 300 g/mol. The molecule has 22 heavy (non-hydrogen) atoms. The van der Waals surface area contributed by atoms with E-state index in [0.717, 1.165) is 13.0 Å². The van der Waals surface area contributed by atoms with Crippen molar-refractivity contribution in [1.29, 1.82) is 0 Å². The largest absolute Gasteiger partial charge is 0.497 e. The molecule has 2 aromatic carbocycles. The minimum absolute atomic E-state index is 0.526. The van der Waals surface area contributed by atoms with Crippen molar-refractivity contribution in [3.05, 3.63) is 48.0 Å². The first kappa shape index (κ1) is 16.2. The molecule has 6 heteroatoms. The van der Waals surface area contributed by atoms with Gasteiger partial charge in [0.1, 0.15) is 11.5 Å². The SMILES string of the molecule is COc1ccc(C=O)c(OC)c1.c1ccc2c(c1)NCNS2. The summed E-state index contributed by atoms with van der Waals surface area (Å²) in [5.41, 5.74) is 1.75. The Bertz CT molecular complexity index is 610. The van der Waals surface area contributed by atoms with Crippen LogP contribution in [0.1, 0.15) is 10.4 Å². The molecule has 5 nitrogen and oxygen atoms in total. The monoisotopic (exact) mass is 318 g/mol. The third-order valence-electron chi connectivity index (χ3n) is 2.99. The maximum absolute atomic E-state index is 10.5. The normalized spacial score (nSPS) is 12.1. The van der Waals surface area contributed by atoms with Crippen molar-refractivity contribution >= 4 is 23.9 Å². The zero-order valence-electron chi connectivity index (χ0n) is 12.5. The second-order valence-electron chi connectivity index (χ2n) is 4.32. The zero-order chi connectivity index (χ0) is 15.8. The summed E-state index contributed by atoms with van der Waals surface area (Å²) in [4.78, 5) is 11.7. The zero-order valence-corrected chi connectivity index (χ0v) is 13.3. The molecule has 0 unspecified atom stereocenters. The molecule has 2 N–H and O–H groups in total. The first-order valence-corrected chi connectivity index (χ1v) is 7.50. The minimum atomic E-state index is 0.526. The average Bonchev–Trinajstić information content (AvgIpc) is 2.61. The first-order valence-electron chi connectivity index (χ1n) is 6.68. The lowest BCUT2D eigenvalue weighted by atomic mass is 10.2. The number of benzene rings is 2. The van der Waals surface area contributed by atoms with Crippen LogP contribution in [0.5, 0.6) is 11.5 Å². The average molecular weight is 318 g/mol. The number of hydrogen-bond donors (Lipinski definition) is 2. The van der Waals surface area contributed by atoms with E-state index in [4.69, 9.17) is 9.47 Å². The number of anilines is 1. The smallest absolute Gasteiger partial charge is 0.153 e. The quantitative estimate of drug-likeness (QED) is 0.669. The molecule has 0 radical (unpaired) electrons. The summed E-state index contributed by atoms with van der Waals surface area (Å²) < 4.78 is 13.1. The van der Waals surface area contributed by atoms with Gasteiger partial charge in [-0.3, -0.25) is 4.79 Å². The van der Waals surface area contributed by atoms with Crippen molar-refractivity contribution in [2.24, 2.45) is 0 Å². The van der Waals surface area contributed by atoms with E-state index in [1.165, 1.54) is 17.7 Å². The highest BCUT2D eigenvalue weighted by molar-refractivity contribution is 7.97. The molecule has 0 aliphatic carbocycles. The van der Waals surface area contributed by atoms with Gasteiger partial charge in [-0.1, -0.05) is 12.1 Å². The van der Waals surface area contributed by atoms with Crippen LogP contribution >= 0.6 is 11.9 Å². The van der Waals surface area contributed by atoms with Gasteiger partial charge in [0.25, 0.3) is 0 Å². The highest BCUT2D eigenvalue weighted by atomic mass is 32.2. The summed E-state index contributed by atoms with van der Waals surface area (Å²) in [6, 6.07) is 13.3. The third-order valence-corrected chi connectivity index (χ3v) is 3.85. The Kier molecular flexibility index (Phi) is 6.12. The number of methoxy groups -OCH3 is 2. The highest BCUT2D eigenvalue weighted by Gasteiger charge is 2.05. The number of hydrogen-bond acceptors (Lipinski definition) is 6. The Balaban J connectivity index is 0.000000162. The van der Waals surface area contributed by atoms with Crippen molar-refractivity contribution in [2.45, 2.75) is 4.90 Å². The van der Waals surface area contributed by atoms with Gasteiger partial charge in [0.05, 0.1) is 32.1 Å². The van der Waals surface area contributed by atoms with Gasteiger partial charge in [-0.15, -0.1) is 0 Å². The number of fused-ring (bicyclic) bond motifs is 1. The predicted octanol–water partition coefficient (Wildman–Crippen LogP) is 3.18. The molecule has 1 aliphatic rings. The maximum Gasteiger partial charge on any atom is 0.153 e. The second-order valence-corrected chi connectivity index (χ2v) is 5.25. The maximum atomic E-state index is 10.5. The van der Waals surface area contributed by atoms with Gasteiger partial charge in [0, 0.05) is 11.0 Å². The molecule has 116 valence electrons. The van der Waals surface area contributed by atoms with Gasteiger partial charge in [-0.2, -0.15) is 0 Å². The van der Waals surface area contributed by atoms with Gasteiger partial charge in [-0.25, -0.2) is 4.72 Å². The van der Waals surface area contributed by atoms with Crippen LogP contribution in [0, 0.1) is 0 Å². The number of carbonyl (C=O) groups excluding carboxylic acids is 1. The van der Waals surface area contributed by atoms with Gasteiger partial charge < -0.3 is 14.8 Å². The molecule has 1 heterocycles. The molecule has 0 spiro atoms. The summed E-state index contributed by atoms with van der Waals surface area (Å²) in [5, 5.41) is 3.23. The van der Waals surface area contributed by atoms with Crippen LogP contribution in [0.2, 0.25) is 0 Å². The lowest BCUT2D eigenvalue weighted by molar-refractivity contribution is 0.112. The highest BCUT2D eigenvalue weighted by Crippen LogP contribution is 2.26. The molecule has 2 aromatic rings. The molecule has 0 bridgehead atoms. The standard InChI is InChI=1S/C9H10O3.C7H8N2S/c1-11-8-4-3-7(6-10)9(5-8)12-2;1-2-4-7-6(3-1)8-5-9-10-7/h3-6H,1-2H3;1-4,8-9H,5H2. The number of aldehydes is 1. The van der Waals surface area contributed by atoms with Gasteiger partial charge in [0.15, 0.2) is 6.29 Å². The van der Waals surface area contributed by atoms with E-state index < -0.39 is 0 Å². The Labute approximate surface area is 134 Å². The molecule has 3 rings (SSSR count). The molecular formula is C16H18N2O3S. The summed E-state index contributed by atoms with van der Waals surface area (Å²) in [5.74, 6) is 1.21. The number of nitrogens with one attached hydrogen (secondary N) is 2. The van der Waals surface area contributed by atoms with E-state index in [1.54, 1.807) is 37.3 Å². The predicted molar refractivity (Wildman–Crippen MR) is 88.9 cm³/mol. The van der Waals surface area contributed by atoms with E-state index in [-0.39, 0.29) is 0 Å². The lowest BCUT2D eigenvalue weighted by Crippen LogP contribution is -2.19. The number of carbonyl (C=O) groups is 1. The molecule has 0 amide bonds. The fourth-order valence-electron chi connectivity index (χ4n) is 1.86. The van der Waals surface area contributed by atoms with E-state index in [0.29, 0.717) is 17.1 Å². The van der Waals surface area contributed by atoms with E-state index >= 15 is 0 Å². The van der Waals surface area contributed by atoms with Crippen LogP contribution in [0.4, 0.5) is 5.69 Å². The first-order chi connectivity index (χ1) is 10.8. The Hall–Kier alpha value is -2.18. The van der Waals surface area contributed by atoms with Crippen LogP contribution in [0.15, 0.2) is 47.4 Å². The van der Waals surface area contributed by atoms with Gasteiger partial charge in [0.2, 0.25) is 0 Å². The summed E-state index contributed by atoms with van der Waals surface area (Å²) in [7, 11) is 3.08. The second kappa shape index (κ2) is 8.31. The number of rotatable bonds is 3. The third kappa shape index (κ3) is 4.16. The number of ether oxygens (including phenoxy) is 2.